The molecule has 0 aliphatic carbocycles. The van der Waals surface area contributed by atoms with Gasteiger partial charge in [0.1, 0.15) is 5.82 Å². The summed E-state index contributed by atoms with van der Waals surface area (Å²) in [5.74, 6) is 1.08. The van der Waals surface area contributed by atoms with E-state index in [9.17, 15) is 5.11 Å². The van der Waals surface area contributed by atoms with Crippen LogP contribution in [0.1, 0.15) is 18.9 Å². The maximum atomic E-state index is 10.7. The first-order chi connectivity index (χ1) is 10.1. The van der Waals surface area contributed by atoms with Gasteiger partial charge in [-0.2, -0.15) is 0 Å². The molecule has 110 valence electrons. The zero-order valence-electron chi connectivity index (χ0n) is 12.3. The second-order valence-corrected chi connectivity index (χ2v) is 6.00. The third-order valence-electron chi connectivity index (χ3n) is 4.41. The van der Waals surface area contributed by atoms with Crippen LogP contribution in [0.15, 0.2) is 48.9 Å². The van der Waals surface area contributed by atoms with Gasteiger partial charge in [-0.1, -0.05) is 30.3 Å². The number of aliphatic hydroxyl groups is 1. The van der Waals surface area contributed by atoms with E-state index in [1.165, 1.54) is 5.56 Å². The number of piperidine rings is 1. The molecule has 1 aliphatic rings. The molecule has 0 spiro atoms. The lowest BCUT2D eigenvalue weighted by molar-refractivity contribution is -0.0168. The van der Waals surface area contributed by atoms with Crippen LogP contribution >= 0.6 is 0 Å². The van der Waals surface area contributed by atoms with Crippen LogP contribution in [-0.2, 0) is 6.42 Å². The molecule has 2 heterocycles. The summed E-state index contributed by atoms with van der Waals surface area (Å²) in [6.45, 7) is 3.58. The zero-order valence-corrected chi connectivity index (χ0v) is 12.3. The number of hydrogen-bond acceptors (Lipinski definition) is 4. The van der Waals surface area contributed by atoms with Crippen LogP contribution < -0.4 is 4.90 Å². The van der Waals surface area contributed by atoms with E-state index in [1.807, 2.05) is 25.1 Å². The van der Waals surface area contributed by atoms with Crippen molar-refractivity contribution in [2.24, 2.45) is 5.92 Å². The molecular formula is C17H21N3O. The molecule has 0 unspecified atom stereocenters. The van der Waals surface area contributed by atoms with Gasteiger partial charge in [-0.3, -0.25) is 4.98 Å². The Morgan fingerprint density at radius 2 is 2.10 bits per heavy atom. The number of aromatic nitrogens is 2. The fourth-order valence-electron chi connectivity index (χ4n) is 2.97. The van der Waals surface area contributed by atoms with Gasteiger partial charge in [0.15, 0.2) is 0 Å². The first kappa shape index (κ1) is 14.0. The third-order valence-corrected chi connectivity index (χ3v) is 4.41. The average Bonchev–Trinajstić information content (AvgIpc) is 2.51. The predicted octanol–water partition coefficient (Wildman–Crippen LogP) is 2.30. The highest BCUT2D eigenvalue weighted by Crippen LogP contribution is 2.32. The molecule has 1 fully saturated rings. The van der Waals surface area contributed by atoms with Gasteiger partial charge >= 0.3 is 0 Å². The van der Waals surface area contributed by atoms with E-state index in [0.717, 1.165) is 31.7 Å². The summed E-state index contributed by atoms with van der Waals surface area (Å²) in [5, 5.41) is 10.7. The standard InChI is InChI=1S/C17H21N3O/c1-17(21)7-10-20(16-12-18-8-9-19-16)13-15(17)11-14-5-3-2-4-6-14/h2-6,8-9,12,15,21H,7,10-11,13H2,1H3/t15-,17+/m1/s1. The minimum absolute atomic E-state index is 0.190. The summed E-state index contributed by atoms with van der Waals surface area (Å²) < 4.78 is 0. The Bertz CT molecular complexity index is 571. The van der Waals surface area contributed by atoms with Crippen LogP contribution in [0.3, 0.4) is 0 Å². The topological polar surface area (TPSA) is 49.2 Å². The summed E-state index contributed by atoms with van der Waals surface area (Å²) in [6, 6.07) is 10.4. The van der Waals surface area contributed by atoms with E-state index >= 15 is 0 Å². The number of hydrogen-bond donors (Lipinski definition) is 1. The largest absolute Gasteiger partial charge is 0.390 e. The van der Waals surface area contributed by atoms with Crippen LogP contribution in [0.4, 0.5) is 5.82 Å². The minimum atomic E-state index is -0.630. The molecule has 0 amide bonds. The molecule has 4 nitrogen and oxygen atoms in total. The van der Waals surface area contributed by atoms with E-state index in [-0.39, 0.29) is 5.92 Å². The van der Waals surface area contributed by atoms with E-state index in [4.69, 9.17) is 0 Å². The number of anilines is 1. The Morgan fingerprint density at radius 3 is 2.81 bits per heavy atom. The first-order valence-electron chi connectivity index (χ1n) is 7.42. The zero-order chi connectivity index (χ0) is 14.7. The van der Waals surface area contributed by atoms with Gasteiger partial charge in [0.2, 0.25) is 0 Å². The van der Waals surface area contributed by atoms with Gasteiger partial charge in [-0.25, -0.2) is 4.98 Å². The predicted molar refractivity (Wildman–Crippen MR) is 83.1 cm³/mol. The third kappa shape index (κ3) is 3.22. The van der Waals surface area contributed by atoms with Gasteiger partial charge in [0, 0.05) is 31.4 Å². The Hall–Kier alpha value is -1.94. The van der Waals surface area contributed by atoms with Crippen molar-refractivity contribution in [3.63, 3.8) is 0 Å². The highest BCUT2D eigenvalue weighted by Gasteiger charge is 2.37. The van der Waals surface area contributed by atoms with Gasteiger partial charge in [-0.05, 0) is 25.3 Å². The van der Waals surface area contributed by atoms with Crippen molar-refractivity contribution in [2.45, 2.75) is 25.4 Å². The molecule has 0 saturated carbocycles. The van der Waals surface area contributed by atoms with Crippen molar-refractivity contribution in [3.05, 3.63) is 54.5 Å². The quantitative estimate of drug-likeness (QED) is 0.939. The molecule has 0 radical (unpaired) electrons. The van der Waals surface area contributed by atoms with Crippen molar-refractivity contribution in [2.75, 3.05) is 18.0 Å². The van der Waals surface area contributed by atoms with Crippen molar-refractivity contribution < 1.29 is 5.11 Å². The normalized spacial score (nSPS) is 25.8. The smallest absolute Gasteiger partial charge is 0.147 e. The van der Waals surface area contributed by atoms with Gasteiger partial charge < -0.3 is 10.0 Å². The molecule has 1 aliphatic heterocycles. The molecule has 1 aromatic heterocycles. The molecule has 1 saturated heterocycles. The van der Waals surface area contributed by atoms with Crippen molar-refractivity contribution in [1.29, 1.82) is 0 Å². The van der Waals surface area contributed by atoms with Crippen LogP contribution in [0.5, 0.6) is 0 Å². The first-order valence-corrected chi connectivity index (χ1v) is 7.42. The molecule has 4 heteroatoms. The monoisotopic (exact) mass is 283 g/mol. The van der Waals surface area contributed by atoms with Crippen LogP contribution in [-0.4, -0.2) is 33.8 Å². The van der Waals surface area contributed by atoms with Crippen LogP contribution in [0.2, 0.25) is 0 Å². The molecule has 2 atom stereocenters. The van der Waals surface area contributed by atoms with E-state index in [0.29, 0.717) is 0 Å². The summed E-state index contributed by atoms with van der Waals surface area (Å²) in [7, 11) is 0. The highest BCUT2D eigenvalue weighted by atomic mass is 16.3. The number of rotatable bonds is 3. The van der Waals surface area contributed by atoms with Crippen LogP contribution in [0.25, 0.3) is 0 Å². The lowest BCUT2D eigenvalue weighted by Crippen LogP contribution is -2.51. The second kappa shape index (κ2) is 5.82. The average molecular weight is 283 g/mol. The fraction of sp³-hybridized carbons (Fsp3) is 0.412. The molecule has 1 aromatic carbocycles. The number of nitrogens with zero attached hydrogens (tertiary/aromatic N) is 3. The van der Waals surface area contributed by atoms with Gasteiger partial charge in [0.05, 0.1) is 11.8 Å². The molecule has 3 rings (SSSR count). The maximum absolute atomic E-state index is 10.7. The number of benzene rings is 1. The molecule has 0 bridgehead atoms. The summed E-state index contributed by atoms with van der Waals surface area (Å²) >= 11 is 0. The van der Waals surface area contributed by atoms with Crippen molar-refractivity contribution >= 4 is 5.82 Å². The second-order valence-electron chi connectivity index (χ2n) is 6.00. The molecule has 21 heavy (non-hydrogen) atoms. The van der Waals surface area contributed by atoms with E-state index in [2.05, 4.69) is 27.0 Å². The summed E-state index contributed by atoms with van der Waals surface area (Å²) in [6.07, 6.45) is 6.82. The van der Waals surface area contributed by atoms with Crippen molar-refractivity contribution in [1.82, 2.24) is 9.97 Å². The van der Waals surface area contributed by atoms with E-state index in [1.54, 1.807) is 18.6 Å². The maximum Gasteiger partial charge on any atom is 0.147 e. The summed E-state index contributed by atoms with van der Waals surface area (Å²) in [4.78, 5) is 10.7. The lowest BCUT2D eigenvalue weighted by Gasteiger charge is -2.43. The lowest BCUT2D eigenvalue weighted by atomic mass is 9.79. The Labute approximate surface area is 125 Å². The summed E-state index contributed by atoms with van der Waals surface area (Å²) in [5.41, 5.74) is 0.637. The molecule has 1 N–H and O–H groups in total. The van der Waals surface area contributed by atoms with E-state index < -0.39 is 5.60 Å². The van der Waals surface area contributed by atoms with Gasteiger partial charge in [0.25, 0.3) is 0 Å². The highest BCUT2D eigenvalue weighted by molar-refractivity contribution is 5.36. The molecular weight excluding hydrogens is 262 g/mol. The SMILES string of the molecule is C[C@]1(O)CCN(c2cnccn2)C[C@H]1Cc1ccccc1. The van der Waals surface area contributed by atoms with Crippen molar-refractivity contribution in [3.8, 4) is 0 Å². The van der Waals surface area contributed by atoms with Crippen LogP contribution in [0, 0.1) is 5.92 Å². The van der Waals surface area contributed by atoms with Gasteiger partial charge in [-0.15, -0.1) is 0 Å². The Morgan fingerprint density at radius 1 is 1.29 bits per heavy atom. The Balaban J connectivity index is 1.77. The fourth-order valence-corrected chi connectivity index (χ4v) is 2.97. The minimum Gasteiger partial charge on any atom is -0.390 e. The Kier molecular flexibility index (Phi) is 3.88. The molecule has 2 aromatic rings.